The molecule has 1 aliphatic heterocycles. The molecule has 1 N–H and O–H groups in total. The van der Waals surface area contributed by atoms with Crippen molar-refractivity contribution in [2.24, 2.45) is 0 Å². The van der Waals surface area contributed by atoms with E-state index in [4.69, 9.17) is 0 Å². The monoisotopic (exact) mass is 519 g/mol. The van der Waals surface area contributed by atoms with Crippen molar-refractivity contribution in [3.8, 4) is 0 Å². The van der Waals surface area contributed by atoms with Gasteiger partial charge in [-0.3, -0.25) is 13.9 Å². The fourth-order valence-electron chi connectivity index (χ4n) is 3.54. The molecule has 1 amide bonds. The highest BCUT2D eigenvalue weighted by atomic mass is 32.2. The third-order valence-electron chi connectivity index (χ3n) is 5.37. The van der Waals surface area contributed by atoms with Crippen molar-refractivity contribution in [2.75, 3.05) is 23.9 Å². The Labute approximate surface area is 198 Å². The number of nitrogens with one attached hydrogen (secondary N) is 1. The number of ketones is 1. The molecule has 0 saturated carbocycles. The minimum absolute atomic E-state index is 0.0232. The number of amides is 1. The molecule has 1 aliphatic rings. The summed E-state index contributed by atoms with van der Waals surface area (Å²) < 4.78 is 94.3. The molecule has 1 fully saturated rings. The van der Waals surface area contributed by atoms with Gasteiger partial charge in [0.2, 0.25) is 0 Å². The van der Waals surface area contributed by atoms with Crippen molar-refractivity contribution >= 4 is 27.6 Å². The van der Waals surface area contributed by atoms with Crippen LogP contribution in [-0.2, 0) is 21.5 Å². The first kappa shape index (κ1) is 26.5. The minimum Gasteiger partial charge on any atom is -0.341 e. The number of carbonyl (C=O) groups excluding carboxylic acids is 2. The van der Waals surface area contributed by atoms with Gasteiger partial charge in [0, 0.05) is 24.2 Å². The molecule has 13 heteroatoms. The third-order valence-corrected chi connectivity index (χ3v) is 7.29. The number of hydrogen-bond donors (Lipinski definition) is 1. The van der Waals surface area contributed by atoms with Crippen LogP contribution >= 0.6 is 0 Å². The predicted octanol–water partition coefficient (Wildman–Crippen LogP) is 3.56. The highest BCUT2D eigenvalue weighted by Gasteiger charge is 2.38. The Morgan fingerprint density at radius 3 is 2.29 bits per heavy atom. The lowest BCUT2D eigenvalue weighted by molar-refractivity contribution is -0.173. The minimum atomic E-state index is -5.17. The Hall–Kier alpha value is -3.06. The smallest absolute Gasteiger partial charge is 0.341 e. The summed E-state index contributed by atoms with van der Waals surface area (Å²) in [6.45, 7) is -1.01. The molecular formula is C22H22F5N3O4S. The largest absolute Gasteiger partial charge is 0.471 e. The number of halogens is 5. The second kappa shape index (κ2) is 10.7. The van der Waals surface area contributed by atoms with Crippen molar-refractivity contribution in [3.63, 3.8) is 0 Å². The Balaban J connectivity index is 1.85. The number of benzene rings is 2. The first-order valence-electron chi connectivity index (χ1n) is 10.6. The van der Waals surface area contributed by atoms with Gasteiger partial charge in [-0.15, -0.1) is 0 Å². The van der Waals surface area contributed by atoms with Crippen molar-refractivity contribution in [2.45, 2.75) is 32.0 Å². The molecule has 1 heterocycles. The van der Waals surface area contributed by atoms with E-state index < -0.39 is 52.8 Å². The van der Waals surface area contributed by atoms with E-state index in [0.717, 1.165) is 41.1 Å². The van der Waals surface area contributed by atoms with Gasteiger partial charge in [0.1, 0.15) is 11.6 Å². The molecule has 0 radical (unpaired) electrons. The molecule has 3 rings (SSSR count). The standard InChI is InChI=1S/C22H22F5N3O4S/c23-17-5-4-6-18(12-17)30(35(33,34)29-9-2-1-3-10-29)14-16-8-7-15(11-19(16)24)20(31)13-28-21(32)22(25,26)27/h4-8,11-12H,1-3,9-10,13-14H2,(H,28,32). The number of hydrogen-bond acceptors (Lipinski definition) is 4. The van der Waals surface area contributed by atoms with E-state index in [9.17, 15) is 40.0 Å². The topological polar surface area (TPSA) is 86.8 Å². The van der Waals surface area contributed by atoms with Gasteiger partial charge < -0.3 is 5.32 Å². The van der Waals surface area contributed by atoms with Gasteiger partial charge in [0.15, 0.2) is 5.78 Å². The first-order valence-corrected chi connectivity index (χ1v) is 12.0. The lowest BCUT2D eigenvalue weighted by Gasteiger charge is -2.33. The van der Waals surface area contributed by atoms with E-state index in [1.54, 1.807) is 0 Å². The zero-order valence-corrected chi connectivity index (χ0v) is 19.1. The molecule has 7 nitrogen and oxygen atoms in total. The summed E-state index contributed by atoms with van der Waals surface area (Å²) in [5.41, 5.74) is -0.486. The lowest BCUT2D eigenvalue weighted by atomic mass is 10.1. The van der Waals surface area contributed by atoms with E-state index in [1.165, 1.54) is 21.8 Å². The van der Waals surface area contributed by atoms with Crippen LogP contribution in [0.15, 0.2) is 42.5 Å². The molecule has 35 heavy (non-hydrogen) atoms. The summed E-state index contributed by atoms with van der Waals surface area (Å²) in [6.07, 6.45) is -3.02. The highest BCUT2D eigenvalue weighted by Crippen LogP contribution is 2.27. The van der Waals surface area contributed by atoms with Gasteiger partial charge >= 0.3 is 22.3 Å². The predicted molar refractivity (Wildman–Crippen MR) is 117 cm³/mol. The van der Waals surface area contributed by atoms with Gasteiger partial charge in [-0.1, -0.05) is 24.6 Å². The second-order valence-corrected chi connectivity index (χ2v) is 9.72. The zero-order chi connectivity index (χ0) is 25.8. The molecule has 1 saturated heterocycles. The van der Waals surface area contributed by atoms with Crippen molar-refractivity contribution in [1.29, 1.82) is 0 Å². The van der Waals surface area contributed by atoms with Crippen LogP contribution in [0.4, 0.5) is 27.6 Å². The maximum atomic E-state index is 14.9. The fraction of sp³-hybridized carbons (Fsp3) is 0.364. The highest BCUT2D eigenvalue weighted by molar-refractivity contribution is 7.90. The van der Waals surface area contributed by atoms with Crippen LogP contribution in [0, 0.1) is 11.6 Å². The molecule has 0 aliphatic carbocycles. The third kappa shape index (κ3) is 6.54. The Morgan fingerprint density at radius 1 is 1.00 bits per heavy atom. The van der Waals surface area contributed by atoms with Gasteiger partial charge in [-0.2, -0.15) is 25.9 Å². The van der Waals surface area contributed by atoms with E-state index in [0.29, 0.717) is 12.8 Å². The van der Waals surface area contributed by atoms with E-state index in [2.05, 4.69) is 0 Å². The normalized spacial score (nSPS) is 15.0. The number of nitrogens with zero attached hydrogens (tertiary/aromatic N) is 2. The molecule has 2 aromatic rings. The van der Waals surface area contributed by atoms with Gasteiger partial charge in [0.25, 0.3) is 0 Å². The summed E-state index contributed by atoms with van der Waals surface area (Å²) in [4.78, 5) is 23.0. The Kier molecular flexibility index (Phi) is 8.11. The molecule has 0 aromatic heterocycles. The fourth-order valence-corrected chi connectivity index (χ4v) is 5.22. The van der Waals surface area contributed by atoms with Gasteiger partial charge in [-0.25, -0.2) is 8.78 Å². The van der Waals surface area contributed by atoms with Crippen molar-refractivity contribution < 1.29 is 40.0 Å². The van der Waals surface area contributed by atoms with Crippen LogP contribution in [-0.4, -0.2) is 50.2 Å². The SMILES string of the molecule is O=C(CNC(=O)C(F)(F)F)c1ccc(CN(c2cccc(F)c2)S(=O)(=O)N2CCCCC2)c(F)c1. The Morgan fingerprint density at radius 2 is 1.69 bits per heavy atom. The summed E-state index contributed by atoms with van der Waals surface area (Å²) in [5, 5.41) is 1.41. The van der Waals surface area contributed by atoms with Crippen LogP contribution < -0.4 is 9.62 Å². The Bertz CT molecular complexity index is 1200. The zero-order valence-electron chi connectivity index (χ0n) is 18.3. The maximum absolute atomic E-state index is 14.9. The van der Waals surface area contributed by atoms with Gasteiger partial charge in [-0.05, 0) is 37.1 Å². The summed E-state index contributed by atoms with van der Waals surface area (Å²) in [7, 11) is -4.16. The average molecular weight is 519 g/mol. The number of carbonyl (C=O) groups is 2. The van der Waals surface area contributed by atoms with Gasteiger partial charge in [0.05, 0.1) is 18.8 Å². The molecular weight excluding hydrogens is 497 g/mol. The van der Waals surface area contributed by atoms with Crippen LogP contribution in [0.2, 0.25) is 0 Å². The second-order valence-electron chi connectivity index (χ2n) is 7.86. The van der Waals surface area contributed by atoms with Crippen LogP contribution in [0.25, 0.3) is 0 Å². The summed E-state index contributed by atoms with van der Waals surface area (Å²) in [5.74, 6) is -4.97. The van der Waals surface area contributed by atoms with Crippen LogP contribution in [0.5, 0.6) is 0 Å². The molecule has 190 valence electrons. The number of anilines is 1. The number of Topliss-reactive ketones (excluding diaryl/α,β-unsaturated/α-hetero) is 1. The number of alkyl halides is 3. The quantitative estimate of drug-likeness (QED) is 0.427. The maximum Gasteiger partial charge on any atom is 0.471 e. The number of piperidine rings is 1. The van der Waals surface area contributed by atoms with E-state index in [1.807, 2.05) is 0 Å². The summed E-state index contributed by atoms with van der Waals surface area (Å²) >= 11 is 0. The van der Waals surface area contributed by atoms with Crippen LogP contribution in [0.1, 0.15) is 35.2 Å². The van der Waals surface area contributed by atoms with E-state index in [-0.39, 0.29) is 29.9 Å². The molecule has 0 bridgehead atoms. The molecule has 0 unspecified atom stereocenters. The van der Waals surface area contributed by atoms with E-state index >= 15 is 0 Å². The average Bonchev–Trinajstić information content (AvgIpc) is 2.81. The van der Waals surface area contributed by atoms with Crippen molar-refractivity contribution in [3.05, 3.63) is 65.2 Å². The molecule has 2 aromatic carbocycles. The van der Waals surface area contributed by atoms with Crippen molar-refractivity contribution in [1.82, 2.24) is 9.62 Å². The summed E-state index contributed by atoms with van der Waals surface area (Å²) in [6, 6.07) is 7.79. The van der Waals surface area contributed by atoms with Crippen LogP contribution in [0.3, 0.4) is 0 Å². The molecule has 0 atom stereocenters. The first-order chi connectivity index (χ1) is 16.4. The lowest BCUT2D eigenvalue weighted by Crippen LogP contribution is -2.46. The molecule has 0 spiro atoms. The number of rotatable bonds is 8.